The maximum Gasteiger partial charge on any atom is 0.283 e. The third kappa shape index (κ3) is 2.47. The highest BCUT2D eigenvalue weighted by Crippen LogP contribution is 2.27. The number of nitrogens with one attached hydrogen (secondary N) is 2. The van der Waals surface area contributed by atoms with Gasteiger partial charge in [0, 0.05) is 11.8 Å². The Morgan fingerprint density at radius 2 is 1.72 bits per heavy atom. The number of aromatic amines is 2. The molecular formula is C19H15N3O2S. The van der Waals surface area contributed by atoms with Gasteiger partial charge in [0.05, 0.1) is 18.3 Å². The van der Waals surface area contributed by atoms with Gasteiger partial charge < -0.3 is 14.7 Å². The molecule has 0 atom stereocenters. The second-order valence-electron chi connectivity index (χ2n) is 5.56. The third-order valence-corrected chi connectivity index (χ3v) is 4.43. The Bertz CT molecular complexity index is 1170. The summed E-state index contributed by atoms with van der Waals surface area (Å²) >= 11 is 5.47. The van der Waals surface area contributed by atoms with E-state index in [0.29, 0.717) is 27.2 Å². The third-order valence-electron chi connectivity index (χ3n) is 4.14. The van der Waals surface area contributed by atoms with Crippen LogP contribution in [0.15, 0.2) is 65.6 Å². The molecule has 2 aromatic heterocycles. The number of hydrogen-bond donors (Lipinski definition) is 2. The Morgan fingerprint density at radius 1 is 1.00 bits per heavy atom. The van der Waals surface area contributed by atoms with Crippen LogP contribution in [0, 0.1) is 4.77 Å². The van der Waals surface area contributed by atoms with Crippen LogP contribution in [0.2, 0.25) is 0 Å². The molecule has 0 fully saturated rings. The first-order valence-electron chi connectivity index (χ1n) is 7.76. The van der Waals surface area contributed by atoms with Crippen LogP contribution < -0.4 is 10.3 Å². The lowest BCUT2D eigenvalue weighted by Gasteiger charge is -2.11. The molecule has 5 nitrogen and oxygen atoms in total. The van der Waals surface area contributed by atoms with Crippen molar-refractivity contribution in [1.29, 1.82) is 0 Å². The van der Waals surface area contributed by atoms with Crippen molar-refractivity contribution >= 4 is 23.3 Å². The van der Waals surface area contributed by atoms with Crippen LogP contribution in [0.1, 0.15) is 0 Å². The van der Waals surface area contributed by atoms with Gasteiger partial charge in [0.15, 0.2) is 4.77 Å². The molecule has 0 bridgehead atoms. The van der Waals surface area contributed by atoms with Gasteiger partial charge in [0.1, 0.15) is 11.3 Å². The number of ether oxygens (including phenoxy) is 1. The number of para-hydroxylation sites is 2. The van der Waals surface area contributed by atoms with Crippen molar-refractivity contribution in [2.75, 3.05) is 7.11 Å². The molecule has 25 heavy (non-hydrogen) atoms. The zero-order chi connectivity index (χ0) is 17.4. The summed E-state index contributed by atoms with van der Waals surface area (Å²) in [7, 11) is 1.57. The van der Waals surface area contributed by atoms with Crippen molar-refractivity contribution in [3.8, 4) is 22.6 Å². The largest absolute Gasteiger partial charge is 0.495 e. The zero-order valence-electron chi connectivity index (χ0n) is 13.4. The topological polar surface area (TPSA) is 62.8 Å². The SMILES string of the molecule is COc1ccccc1-n1c(=S)[nH]c2c(-c3ccccc3)c[nH]c2c1=O. The molecule has 0 amide bonds. The standard InChI is InChI=1S/C19H15N3O2S/c1-24-15-10-6-5-9-14(15)22-18(23)17-16(21-19(22)25)13(11-20-17)12-7-3-2-4-8-12/h2-11,20H,1H3,(H,21,25). The van der Waals surface area contributed by atoms with E-state index in [2.05, 4.69) is 9.97 Å². The molecule has 0 spiro atoms. The van der Waals surface area contributed by atoms with E-state index in [-0.39, 0.29) is 5.56 Å². The van der Waals surface area contributed by atoms with Gasteiger partial charge in [-0.15, -0.1) is 0 Å². The van der Waals surface area contributed by atoms with Crippen molar-refractivity contribution in [2.45, 2.75) is 0 Å². The fourth-order valence-corrected chi connectivity index (χ4v) is 3.25. The van der Waals surface area contributed by atoms with E-state index in [4.69, 9.17) is 17.0 Å². The van der Waals surface area contributed by atoms with Gasteiger partial charge in [-0.05, 0) is 29.9 Å². The molecule has 0 saturated carbocycles. The van der Waals surface area contributed by atoms with Crippen molar-refractivity contribution in [3.63, 3.8) is 0 Å². The molecule has 4 aromatic rings. The van der Waals surface area contributed by atoms with Crippen molar-refractivity contribution < 1.29 is 4.74 Å². The van der Waals surface area contributed by atoms with Crippen LogP contribution in [0.3, 0.4) is 0 Å². The molecule has 0 aliphatic heterocycles. The molecule has 2 aromatic carbocycles. The average Bonchev–Trinajstić information content (AvgIpc) is 3.07. The molecule has 0 aliphatic carbocycles. The second-order valence-corrected chi connectivity index (χ2v) is 5.95. The molecule has 2 heterocycles. The van der Waals surface area contributed by atoms with Crippen molar-refractivity contribution in [1.82, 2.24) is 14.5 Å². The number of benzene rings is 2. The number of rotatable bonds is 3. The minimum Gasteiger partial charge on any atom is -0.495 e. The maximum atomic E-state index is 13.1. The van der Waals surface area contributed by atoms with E-state index < -0.39 is 0 Å². The van der Waals surface area contributed by atoms with Crippen LogP contribution in [-0.2, 0) is 0 Å². The summed E-state index contributed by atoms with van der Waals surface area (Å²) in [6.07, 6.45) is 1.82. The molecule has 0 aliphatic rings. The number of fused-ring (bicyclic) bond motifs is 1. The van der Waals surface area contributed by atoms with E-state index in [9.17, 15) is 4.79 Å². The minimum atomic E-state index is -0.217. The molecule has 4 rings (SSSR count). The summed E-state index contributed by atoms with van der Waals surface area (Å²) in [6.45, 7) is 0. The van der Waals surface area contributed by atoms with Crippen LogP contribution in [0.5, 0.6) is 5.75 Å². The van der Waals surface area contributed by atoms with E-state index in [1.165, 1.54) is 4.57 Å². The van der Waals surface area contributed by atoms with Crippen LogP contribution in [-0.4, -0.2) is 21.6 Å². The zero-order valence-corrected chi connectivity index (χ0v) is 14.3. The Balaban J connectivity index is 2.02. The Morgan fingerprint density at radius 3 is 2.48 bits per heavy atom. The molecule has 6 heteroatoms. The molecule has 0 saturated heterocycles. The number of H-pyrrole nitrogens is 2. The van der Waals surface area contributed by atoms with Crippen LogP contribution in [0.4, 0.5) is 0 Å². The van der Waals surface area contributed by atoms with Gasteiger partial charge in [-0.2, -0.15) is 0 Å². The number of nitrogens with zero attached hydrogens (tertiary/aromatic N) is 1. The van der Waals surface area contributed by atoms with Gasteiger partial charge >= 0.3 is 0 Å². The number of methoxy groups -OCH3 is 1. The Kier molecular flexibility index (Phi) is 3.74. The highest BCUT2D eigenvalue weighted by Gasteiger charge is 2.15. The summed E-state index contributed by atoms with van der Waals surface area (Å²) in [6, 6.07) is 17.1. The van der Waals surface area contributed by atoms with E-state index in [1.54, 1.807) is 19.2 Å². The van der Waals surface area contributed by atoms with Crippen LogP contribution in [0.25, 0.3) is 27.8 Å². The average molecular weight is 349 g/mol. The molecule has 124 valence electrons. The fourth-order valence-electron chi connectivity index (χ4n) is 2.97. The van der Waals surface area contributed by atoms with Crippen molar-refractivity contribution in [3.05, 3.63) is 75.9 Å². The highest BCUT2D eigenvalue weighted by molar-refractivity contribution is 7.71. The van der Waals surface area contributed by atoms with Gasteiger partial charge in [-0.1, -0.05) is 42.5 Å². The monoisotopic (exact) mass is 349 g/mol. The lowest BCUT2D eigenvalue weighted by atomic mass is 10.1. The van der Waals surface area contributed by atoms with Crippen LogP contribution >= 0.6 is 12.2 Å². The van der Waals surface area contributed by atoms with Gasteiger partial charge in [-0.25, -0.2) is 4.57 Å². The summed E-state index contributed by atoms with van der Waals surface area (Å²) in [4.78, 5) is 19.3. The van der Waals surface area contributed by atoms with Crippen molar-refractivity contribution in [2.24, 2.45) is 0 Å². The smallest absolute Gasteiger partial charge is 0.283 e. The van der Waals surface area contributed by atoms with E-state index >= 15 is 0 Å². The molecule has 0 unspecified atom stereocenters. The molecular weight excluding hydrogens is 334 g/mol. The molecule has 0 radical (unpaired) electrons. The number of aromatic nitrogens is 3. The highest BCUT2D eigenvalue weighted by atomic mass is 32.1. The minimum absolute atomic E-state index is 0.217. The normalized spacial score (nSPS) is 10.9. The maximum absolute atomic E-state index is 13.1. The lowest BCUT2D eigenvalue weighted by molar-refractivity contribution is 0.412. The second kappa shape index (κ2) is 6.07. The summed E-state index contributed by atoms with van der Waals surface area (Å²) in [5.74, 6) is 0.582. The first kappa shape index (κ1) is 15.4. The summed E-state index contributed by atoms with van der Waals surface area (Å²) < 4.78 is 7.13. The van der Waals surface area contributed by atoms with Gasteiger partial charge in [0.2, 0.25) is 0 Å². The van der Waals surface area contributed by atoms with E-state index in [0.717, 1.165) is 11.1 Å². The number of hydrogen-bond acceptors (Lipinski definition) is 3. The first-order chi connectivity index (χ1) is 12.2. The fraction of sp³-hybridized carbons (Fsp3) is 0.0526. The predicted molar refractivity (Wildman–Crippen MR) is 101 cm³/mol. The Labute approximate surface area is 148 Å². The summed E-state index contributed by atoms with van der Waals surface area (Å²) in [5.41, 5.74) is 3.48. The molecule has 2 N–H and O–H groups in total. The van der Waals surface area contributed by atoms with E-state index in [1.807, 2.05) is 48.7 Å². The van der Waals surface area contributed by atoms with Gasteiger partial charge in [-0.3, -0.25) is 4.79 Å². The summed E-state index contributed by atoms with van der Waals surface area (Å²) in [5, 5.41) is 0. The van der Waals surface area contributed by atoms with Gasteiger partial charge in [0.25, 0.3) is 5.56 Å². The first-order valence-corrected chi connectivity index (χ1v) is 8.17. The predicted octanol–water partition coefficient (Wildman–Crippen LogP) is 4.05. The quantitative estimate of drug-likeness (QED) is 0.549. The lowest BCUT2D eigenvalue weighted by Crippen LogP contribution is -2.21. The Hall–Kier alpha value is -3.12.